The van der Waals surface area contributed by atoms with Gasteiger partial charge in [-0.25, -0.2) is 0 Å². The fraction of sp³-hybridized carbons (Fsp3) is 0.881. The topological polar surface area (TPSA) is 307 Å². The Morgan fingerprint density at radius 3 is 1.29 bits per heavy atom. The smallest absolute Gasteiger partial charge is 0.220 e. The molecule has 19 heteroatoms. The highest BCUT2D eigenvalue weighted by Crippen LogP contribution is 2.33. The third-order valence-electron chi connectivity index (χ3n) is 15.2. The van der Waals surface area contributed by atoms with Gasteiger partial charge >= 0.3 is 0 Å². The second-order valence-corrected chi connectivity index (χ2v) is 21.8. The summed E-state index contributed by atoms with van der Waals surface area (Å²) in [6, 6.07) is -0.992. The summed E-state index contributed by atoms with van der Waals surface area (Å²) in [5, 5.41) is 120. The third kappa shape index (κ3) is 26.5. The van der Waals surface area contributed by atoms with Crippen molar-refractivity contribution in [2.24, 2.45) is 0 Å². The second kappa shape index (κ2) is 42.8. The minimum absolute atomic E-state index is 0.225. The van der Waals surface area contributed by atoms with E-state index in [2.05, 4.69) is 43.5 Å². The molecule has 3 heterocycles. The molecule has 1 amide bonds. The Labute approximate surface area is 466 Å². The standard InChI is InChI=1S/C59H107NO18/c1-3-5-7-9-11-13-15-17-18-19-20-21-22-23-25-26-28-30-32-34-36-43(64)42(60-47(65)37-35-33-31-29-27-24-16-14-12-10-8-6-4-2)41-73-57-53(71)50(68)55(45(39-62)75-57)78-59-54(72)51(69)56(46(40-63)76-59)77-58-52(70)49(67)48(66)44(38-61)74-58/h14,16,26,28,34,36,42-46,48-59,61-64,66-72H,3-13,15,17-25,27,29-33,35,37-41H2,1-2H3,(H,60,65)/b16-14-,28-26+,36-34+. The molecule has 78 heavy (non-hydrogen) atoms. The van der Waals surface area contributed by atoms with Crippen LogP contribution in [0.2, 0.25) is 0 Å². The van der Waals surface area contributed by atoms with Crippen molar-refractivity contribution < 1.29 is 89.4 Å². The molecular formula is C59H107NO18. The van der Waals surface area contributed by atoms with Crippen LogP contribution >= 0.6 is 0 Å². The minimum Gasteiger partial charge on any atom is -0.394 e. The van der Waals surface area contributed by atoms with Crippen LogP contribution in [-0.2, 0) is 33.2 Å². The molecule has 17 unspecified atom stereocenters. The van der Waals surface area contributed by atoms with Crippen LogP contribution in [0.3, 0.4) is 0 Å². The van der Waals surface area contributed by atoms with Crippen molar-refractivity contribution in [3.05, 3.63) is 36.5 Å². The van der Waals surface area contributed by atoms with Crippen LogP contribution in [0.15, 0.2) is 36.5 Å². The summed E-state index contributed by atoms with van der Waals surface area (Å²) in [6.45, 7) is 1.67. The number of unbranched alkanes of at least 4 members (excludes halogenated alkanes) is 24. The number of aliphatic hydroxyl groups excluding tert-OH is 11. The molecule has 0 spiro atoms. The molecule has 0 aromatic heterocycles. The highest BCUT2D eigenvalue weighted by molar-refractivity contribution is 5.76. The zero-order chi connectivity index (χ0) is 56.9. The second-order valence-electron chi connectivity index (χ2n) is 21.8. The Morgan fingerprint density at radius 1 is 0.449 bits per heavy atom. The molecule has 0 aliphatic carbocycles. The molecule has 0 radical (unpaired) electrons. The van der Waals surface area contributed by atoms with E-state index in [0.29, 0.717) is 12.8 Å². The van der Waals surface area contributed by atoms with E-state index >= 15 is 0 Å². The van der Waals surface area contributed by atoms with E-state index in [9.17, 15) is 61.0 Å². The van der Waals surface area contributed by atoms with Gasteiger partial charge in [-0.1, -0.05) is 172 Å². The van der Waals surface area contributed by atoms with E-state index in [4.69, 9.17) is 28.4 Å². The maximum absolute atomic E-state index is 13.3. The maximum Gasteiger partial charge on any atom is 0.220 e. The number of rotatable bonds is 44. The lowest BCUT2D eigenvalue weighted by molar-refractivity contribution is -0.379. The predicted octanol–water partition coefficient (Wildman–Crippen LogP) is 5.32. The number of ether oxygens (including phenoxy) is 6. The van der Waals surface area contributed by atoms with Crippen molar-refractivity contribution in [3.8, 4) is 0 Å². The summed E-state index contributed by atoms with van der Waals surface area (Å²) in [5.41, 5.74) is 0. The predicted molar refractivity (Wildman–Crippen MR) is 296 cm³/mol. The van der Waals surface area contributed by atoms with Crippen LogP contribution in [-0.4, -0.2) is 193 Å². The maximum atomic E-state index is 13.3. The Morgan fingerprint density at radius 2 is 0.821 bits per heavy atom. The van der Waals surface area contributed by atoms with Crippen molar-refractivity contribution in [2.45, 2.75) is 304 Å². The number of nitrogens with one attached hydrogen (secondary N) is 1. The monoisotopic (exact) mass is 1120 g/mol. The zero-order valence-corrected chi connectivity index (χ0v) is 47.4. The highest BCUT2D eigenvalue weighted by atomic mass is 16.8. The first-order chi connectivity index (χ1) is 37.8. The average Bonchev–Trinajstić information content (AvgIpc) is 3.43. The van der Waals surface area contributed by atoms with Gasteiger partial charge in [-0.15, -0.1) is 0 Å². The Kier molecular flexibility index (Phi) is 38.5. The number of carbonyl (C=O) groups excluding carboxylic acids is 1. The number of aliphatic hydroxyl groups is 11. The lowest BCUT2D eigenvalue weighted by atomic mass is 9.96. The van der Waals surface area contributed by atoms with E-state index in [1.165, 1.54) is 109 Å². The average molecular weight is 1120 g/mol. The lowest BCUT2D eigenvalue weighted by Crippen LogP contribution is -2.66. The molecule has 19 nitrogen and oxygen atoms in total. The van der Waals surface area contributed by atoms with Gasteiger partial charge < -0.3 is 89.9 Å². The number of allylic oxidation sites excluding steroid dienone is 5. The van der Waals surface area contributed by atoms with Gasteiger partial charge in [0, 0.05) is 6.42 Å². The first-order valence-corrected chi connectivity index (χ1v) is 30.2. The summed E-state index contributed by atoms with van der Waals surface area (Å²) >= 11 is 0. The summed E-state index contributed by atoms with van der Waals surface area (Å²) in [7, 11) is 0. The van der Waals surface area contributed by atoms with Crippen LogP contribution in [0.25, 0.3) is 0 Å². The van der Waals surface area contributed by atoms with E-state index in [1.807, 2.05) is 6.08 Å². The van der Waals surface area contributed by atoms with Gasteiger partial charge in [-0.3, -0.25) is 4.79 Å². The third-order valence-corrected chi connectivity index (χ3v) is 15.2. The SMILES string of the molecule is CCCCCC/C=C\CCCCCCCC(=O)NC(COC1OC(CO)C(OC2OC(CO)C(OC3OC(CO)C(O)C(O)C3O)C(O)C2O)C(O)C1O)C(O)/C=C/CC/C=C/CCCCCCCCCCCCCCCC. The largest absolute Gasteiger partial charge is 0.394 e. The van der Waals surface area contributed by atoms with E-state index in [1.54, 1.807) is 6.08 Å². The van der Waals surface area contributed by atoms with Crippen molar-refractivity contribution >= 4 is 5.91 Å². The first kappa shape index (κ1) is 70.3. The number of hydrogen-bond donors (Lipinski definition) is 12. The van der Waals surface area contributed by atoms with E-state index in [0.717, 1.165) is 57.8 Å². The molecule has 3 saturated heterocycles. The van der Waals surface area contributed by atoms with Gasteiger partial charge in [0.2, 0.25) is 5.91 Å². The molecule has 456 valence electrons. The molecule has 17 atom stereocenters. The number of carbonyl (C=O) groups is 1. The molecule has 3 aliphatic heterocycles. The number of amides is 1. The van der Waals surface area contributed by atoms with Crippen molar-refractivity contribution in [1.82, 2.24) is 5.32 Å². The first-order valence-electron chi connectivity index (χ1n) is 30.2. The van der Waals surface area contributed by atoms with Crippen molar-refractivity contribution in [2.75, 3.05) is 26.4 Å². The zero-order valence-electron chi connectivity index (χ0n) is 47.4. The lowest BCUT2D eigenvalue weighted by Gasteiger charge is -2.48. The van der Waals surface area contributed by atoms with Crippen LogP contribution in [0.4, 0.5) is 0 Å². The van der Waals surface area contributed by atoms with Gasteiger partial charge in [-0.05, 0) is 57.8 Å². The molecule has 0 aromatic rings. The van der Waals surface area contributed by atoms with E-state index in [-0.39, 0.29) is 18.9 Å². The van der Waals surface area contributed by atoms with Crippen molar-refractivity contribution in [1.29, 1.82) is 0 Å². The van der Waals surface area contributed by atoms with Gasteiger partial charge in [0.25, 0.3) is 0 Å². The molecule has 3 rings (SSSR count). The minimum atomic E-state index is -1.98. The quantitative estimate of drug-likeness (QED) is 0.0271. The molecule has 3 fully saturated rings. The molecule has 3 aliphatic rings. The normalized spacial score (nSPS) is 30.7. The highest BCUT2D eigenvalue weighted by Gasteiger charge is 2.53. The van der Waals surface area contributed by atoms with Gasteiger partial charge in [0.15, 0.2) is 18.9 Å². The Balaban J connectivity index is 1.52. The van der Waals surface area contributed by atoms with Crippen LogP contribution in [0.5, 0.6) is 0 Å². The molecule has 0 aromatic carbocycles. The molecule has 0 bridgehead atoms. The summed E-state index contributed by atoms with van der Waals surface area (Å²) in [5.74, 6) is -0.296. The summed E-state index contributed by atoms with van der Waals surface area (Å²) < 4.78 is 34.2. The summed E-state index contributed by atoms with van der Waals surface area (Å²) in [6.07, 6.45) is 18.5. The Hall–Kier alpha value is -1.99. The molecule has 0 saturated carbocycles. The van der Waals surface area contributed by atoms with Gasteiger partial charge in [0.1, 0.15) is 73.2 Å². The molecule has 12 N–H and O–H groups in total. The summed E-state index contributed by atoms with van der Waals surface area (Å²) in [4.78, 5) is 13.3. The van der Waals surface area contributed by atoms with Crippen molar-refractivity contribution in [3.63, 3.8) is 0 Å². The van der Waals surface area contributed by atoms with Gasteiger partial charge in [0.05, 0.1) is 38.6 Å². The molecular weight excluding hydrogens is 1010 g/mol. The van der Waals surface area contributed by atoms with E-state index < -0.39 is 124 Å². The number of hydrogen-bond acceptors (Lipinski definition) is 18. The fourth-order valence-electron chi connectivity index (χ4n) is 10.1. The van der Waals surface area contributed by atoms with Crippen LogP contribution in [0, 0.1) is 0 Å². The van der Waals surface area contributed by atoms with Crippen LogP contribution < -0.4 is 5.32 Å². The Bertz CT molecular complexity index is 1570. The fourth-order valence-corrected chi connectivity index (χ4v) is 10.1. The van der Waals surface area contributed by atoms with Gasteiger partial charge in [-0.2, -0.15) is 0 Å². The van der Waals surface area contributed by atoms with Crippen LogP contribution in [0.1, 0.15) is 200 Å².